The van der Waals surface area contributed by atoms with Gasteiger partial charge >= 0.3 is 0 Å². The van der Waals surface area contributed by atoms with Crippen LogP contribution in [0.15, 0.2) is 29.5 Å². The van der Waals surface area contributed by atoms with Crippen LogP contribution in [0.3, 0.4) is 0 Å². The van der Waals surface area contributed by atoms with Crippen LogP contribution in [-0.2, 0) is 6.42 Å². The summed E-state index contributed by atoms with van der Waals surface area (Å²) in [6.07, 6.45) is 3.40. The van der Waals surface area contributed by atoms with Crippen molar-refractivity contribution in [1.82, 2.24) is 5.32 Å². The first-order valence-electron chi connectivity index (χ1n) is 7.41. The number of ether oxygens (including phenoxy) is 2. The van der Waals surface area contributed by atoms with Gasteiger partial charge in [-0.2, -0.15) is 0 Å². The van der Waals surface area contributed by atoms with Gasteiger partial charge in [-0.25, -0.2) is 0 Å². The van der Waals surface area contributed by atoms with E-state index in [0.717, 1.165) is 17.9 Å². The number of allylic oxidation sites excluding steroid dienone is 1. The molecule has 1 saturated carbocycles. The molecule has 3 heteroatoms. The lowest BCUT2D eigenvalue weighted by Crippen LogP contribution is -2.26. The summed E-state index contributed by atoms with van der Waals surface area (Å²) in [5, 5.41) is 3.49. The van der Waals surface area contributed by atoms with Crippen LogP contribution in [0.2, 0.25) is 0 Å². The van der Waals surface area contributed by atoms with Crippen molar-refractivity contribution in [2.24, 2.45) is 0 Å². The van der Waals surface area contributed by atoms with E-state index < -0.39 is 0 Å². The number of nitrogens with one attached hydrogen (secondary N) is 1. The normalized spacial score (nSPS) is 13.3. The molecule has 1 aliphatic carbocycles. The van der Waals surface area contributed by atoms with E-state index in [1.165, 1.54) is 29.7 Å². The molecule has 1 N–H and O–H groups in total. The molecule has 0 unspecified atom stereocenters. The summed E-state index contributed by atoms with van der Waals surface area (Å²) >= 11 is 0. The van der Waals surface area contributed by atoms with Crippen molar-refractivity contribution in [2.75, 3.05) is 13.7 Å². The fourth-order valence-corrected chi connectivity index (χ4v) is 2.16. The summed E-state index contributed by atoms with van der Waals surface area (Å²) in [6, 6.07) is 6.58. The lowest BCUT2D eigenvalue weighted by Gasteiger charge is -2.17. The quantitative estimate of drug-likeness (QED) is 0.823. The zero-order chi connectivity index (χ0) is 14.5. The van der Waals surface area contributed by atoms with Crippen LogP contribution >= 0.6 is 0 Å². The van der Waals surface area contributed by atoms with Crippen LogP contribution < -0.4 is 14.8 Å². The van der Waals surface area contributed by atoms with Gasteiger partial charge in [-0.1, -0.05) is 13.0 Å². The summed E-state index contributed by atoms with van der Waals surface area (Å²) in [4.78, 5) is 0. The van der Waals surface area contributed by atoms with Crippen LogP contribution in [0, 0.1) is 0 Å². The smallest absolute Gasteiger partial charge is 0.161 e. The number of aryl methyl sites for hydroxylation is 1. The Morgan fingerprint density at radius 3 is 2.55 bits per heavy atom. The molecule has 0 spiro atoms. The highest BCUT2D eigenvalue weighted by molar-refractivity contribution is 5.43. The van der Waals surface area contributed by atoms with Gasteiger partial charge in [0, 0.05) is 11.7 Å². The zero-order valence-corrected chi connectivity index (χ0v) is 13.0. The van der Waals surface area contributed by atoms with Crippen molar-refractivity contribution in [2.45, 2.75) is 46.1 Å². The second kappa shape index (κ2) is 6.69. The molecular weight excluding hydrogens is 250 g/mol. The topological polar surface area (TPSA) is 30.5 Å². The molecule has 1 aliphatic rings. The summed E-state index contributed by atoms with van der Waals surface area (Å²) in [5.41, 5.74) is 3.99. The summed E-state index contributed by atoms with van der Waals surface area (Å²) in [6.45, 7) is 7.03. The van der Waals surface area contributed by atoms with Gasteiger partial charge in [0.25, 0.3) is 0 Å². The molecule has 3 nitrogen and oxygen atoms in total. The maximum absolute atomic E-state index is 5.95. The van der Waals surface area contributed by atoms with E-state index in [2.05, 4.69) is 38.2 Å². The molecular formula is C17H25NO2. The van der Waals surface area contributed by atoms with E-state index in [4.69, 9.17) is 9.47 Å². The molecule has 0 radical (unpaired) electrons. The Morgan fingerprint density at radius 2 is 2.00 bits per heavy atom. The Balaban J connectivity index is 2.04. The van der Waals surface area contributed by atoms with Gasteiger partial charge in [-0.3, -0.25) is 0 Å². The van der Waals surface area contributed by atoms with E-state index >= 15 is 0 Å². The average molecular weight is 275 g/mol. The van der Waals surface area contributed by atoms with E-state index in [-0.39, 0.29) is 0 Å². The molecule has 0 aromatic heterocycles. The van der Waals surface area contributed by atoms with Crippen molar-refractivity contribution in [1.29, 1.82) is 0 Å². The van der Waals surface area contributed by atoms with Crippen LogP contribution in [0.4, 0.5) is 0 Å². The fraction of sp³-hybridized carbons (Fsp3) is 0.529. The van der Waals surface area contributed by atoms with Crippen LogP contribution in [-0.4, -0.2) is 19.8 Å². The maximum atomic E-state index is 5.95. The Morgan fingerprint density at radius 1 is 1.25 bits per heavy atom. The molecule has 1 fully saturated rings. The minimum Gasteiger partial charge on any atom is -0.493 e. The Labute approximate surface area is 122 Å². The zero-order valence-electron chi connectivity index (χ0n) is 13.0. The van der Waals surface area contributed by atoms with E-state index in [9.17, 15) is 0 Å². The van der Waals surface area contributed by atoms with Crippen LogP contribution in [0.5, 0.6) is 11.5 Å². The van der Waals surface area contributed by atoms with E-state index in [1.54, 1.807) is 7.11 Å². The predicted molar refractivity (Wildman–Crippen MR) is 82.4 cm³/mol. The van der Waals surface area contributed by atoms with E-state index in [1.807, 2.05) is 6.07 Å². The lowest BCUT2D eigenvalue weighted by atomic mass is 10.1. The van der Waals surface area contributed by atoms with Crippen molar-refractivity contribution >= 4 is 0 Å². The SMILES string of the molecule is CCc1ccc(OCC(NC(C)C)=C2CC2)c(OC)c1. The van der Waals surface area contributed by atoms with Crippen LogP contribution in [0.1, 0.15) is 39.2 Å². The molecule has 1 aromatic rings. The van der Waals surface area contributed by atoms with E-state index in [0.29, 0.717) is 12.6 Å². The Kier molecular flexibility index (Phi) is 4.94. The van der Waals surface area contributed by atoms with Gasteiger partial charge in [0.05, 0.1) is 7.11 Å². The molecule has 2 rings (SSSR count). The third-order valence-corrected chi connectivity index (χ3v) is 3.40. The molecule has 0 atom stereocenters. The average Bonchev–Trinajstić information content (AvgIpc) is 3.27. The molecule has 20 heavy (non-hydrogen) atoms. The second-order valence-corrected chi connectivity index (χ2v) is 5.51. The molecule has 0 saturated heterocycles. The number of hydrogen-bond donors (Lipinski definition) is 1. The van der Waals surface area contributed by atoms with Crippen molar-refractivity contribution in [3.8, 4) is 11.5 Å². The van der Waals surface area contributed by atoms with Gasteiger partial charge in [0.15, 0.2) is 11.5 Å². The molecule has 0 amide bonds. The molecule has 110 valence electrons. The molecule has 1 aromatic carbocycles. The largest absolute Gasteiger partial charge is 0.493 e. The number of hydrogen-bond acceptors (Lipinski definition) is 3. The Hall–Kier alpha value is -1.64. The first kappa shape index (κ1) is 14.8. The molecule has 0 bridgehead atoms. The van der Waals surface area contributed by atoms with Gasteiger partial charge in [0.2, 0.25) is 0 Å². The van der Waals surface area contributed by atoms with Gasteiger partial charge in [0.1, 0.15) is 6.61 Å². The minimum atomic E-state index is 0.436. The lowest BCUT2D eigenvalue weighted by molar-refractivity contribution is 0.310. The Bertz CT molecular complexity index is 486. The highest BCUT2D eigenvalue weighted by Crippen LogP contribution is 2.32. The standard InChI is InChI=1S/C17H25NO2/c1-5-13-6-9-16(17(10-13)19-4)20-11-15(14-7-8-14)18-12(2)3/h6,9-10,12,18H,5,7-8,11H2,1-4H3. The molecule has 0 heterocycles. The first-order chi connectivity index (χ1) is 9.63. The highest BCUT2D eigenvalue weighted by atomic mass is 16.5. The molecule has 0 aliphatic heterocycles. The maximum Gasteiger partial charge on any atom is 0.161 e. The first-order valence-corrected chi connectivity index (χ1v) is 7.41. The van der Waals surface area contributed by atoms with Gasteiger partial charge in [-0.15, -0.1) is 0 Å². The van der Waals surface area contributed by atoms with Crippen molar-refractivity contribution in [3.63, 3.8) is 0 Å². The van der Waals surface area contributed by atoms with Gasteiger partial charge in [-0.05, 0) is 56.4 Å². The second-order valence-electron chi connectivity index (χ2n) is 5.51. The van der Waals surface area contributed by atoms with Crippen LogP contribution in [0.25, 0.3) is 0 Å². The third-order valence-electron chi connectivity index (χ3n) is 3.40. The van der Waals surface area contributed by atoms with Gasteiger partial charge < -0.3 is 14.8 Å². The monoisotopic (exact) mass is 275 g/mol. The number of methoxy groups -OCH3 is 1. The highest BCUT2D eigenvalue weighted by Gasteiger charge is 2.19. The number of rotatable bonds is 7. The fourth-order valence-electron chi connectivity index (χ4n) is 2.16. The minimum absolute atomic E-state index is 0.436. The third kappa shape index (κ3) is 3.92. The van der Waals surface area contributed by atoms with Crippen molar-refractivity contribution in [3.05, 3.63) is 35.0 Å². The summed E-state index contributed by atoms with van der Waals surface area (Å²) in [5.74, 6) is 1.63. The predicted octanol–water partition coefficient (Wildman–Crippen LogP) is 3.68. The summed E-state index contributed by atoms with van der Waals surface area (Å²) < 4.78 is 11.4. The summed E-state index contributed by atoms with van der Waals surface area (Å²) in [7, 11) is 1.69. The number of benzene rings is 1. The van der Waals surface area contributed by atoms with Crippen molar-refractivity contribution < 1.29 is 9.47 Å².